The fourth-order valence-corrected chi connectivity index (χ4v) is 2.20. The van der Waals surface area contributed by atoms with Gasteiger partial charge in [0.1, 0.15) is 0 Å². The first-order chi connectivity index (χ1) is 10.1. The maximum Gasteiger partial charge on any atom is 0.319 e. The van der Waals surface area contributed by atoms with Gasteiger partial charge in [-0.15, -0.1) is 0 Å². The zero-order valence-electron chi connectivity index (χ0n) is 11.8. The summed E-state index contributed by atoms with van der Waals surface area (Å²) in [7, 11) is 0. The lowest BCUT2D eigenvalue weighted by Gasteiger charge is -2.14. The first kappa shape index (κ1) is 15.3. The molecule has 3 N–H and O–H groups in total. The number of halogens is 1. The van der Waals surface area contributed by atoms with Crippen LogP contribution in [0.2, 0.25) is 0 Å². The zero-order chi connectivity index (χ0) is 15.2. The van der Waals surface area contributed by atoms with Gasteiger partial charge in [-0.3, -0.25) is 0 Å². The summed E-state index contributed by atoms with van der Waals surface area (Å²) in [6.45, 7) is 2.22. The summed E-state index contributed by atoms with van der Waals surface area (Å²) in [5.74, 6) is -0.276. The van der Waals surface area contributed by atoms with E-state index in [1.165, 1.54) is 12.1 Å². The number of benzene rings is 1. The summed E-state index contributed by atoms with van der Waals surface area (Å²) in [4.78, 5) is 11.8. The smallest absolute Gasteiger partial charge is 0.319 e. The molecule has 2 atom stereocenters. The summed E-state index contributed by atoms with van der Waals surface area (Å²) in [5, 5.41) is 14.3. The molecule has 0 radical (unpaired) electrons. The lowest BCUT2D eigenvalue weighted by molar-refractivity contribution is 0.238. The van der Waals surface area contributed by atoms with Crippen molar-refractivity contribution in [3.05, 3.63) is 36.2 Å². The van der Waals surface area contributed by atoms with E-state index in [2.05, 4.69) is 10.6 Å². The number of nitrogens with one attached hydrogen (secondary N) is 2. The van der Waals surface area contributed by atoms with Crippen molar-refractivity contribution >= 4 is 11.7 Å². The predicted molar refractivity (Wildman–Crippen MR) is 77.8 cm³/mol. The Balaban J connectivity index is 1.88. The van der Waals surface area contributed by atoms with Crippen molar-refractivity contribution in [3.63, 3.8) is 0 Å². The minimum absolute atomic E-state index is 0.0698. The summed E-state index contributed by atoms with van der Waals surface area (Å²) in [6, 6.07) is 3.74. The maximum absolute atomic E-state index is 13.7. The van der Waals surface area contributed by atoms with E-state index in [1.807, 2.05) is 12.2 Å². The zero-order valence-corrected chi connectivity index (χ0v) is 11.8. The highest BCUT2D eigenvalue weighted by molar-refractivity contribution is 5.89. The molecule has 21 heavy (non-hydrogen) atoms. The third kappa shape index (κ3) is 4.19. The van der Waals surface area contributed by atoms with Gasteiger partial charge in [-0.2, -0.15) is 0 Å². The van der Waals surface area contributed by atoms with Crippen LogP contribution >= 0.6 is 0 Å². The fraction of sp³-hybridized carbons (Fsp3) is 0.400. The molecular weight excluding hydrogens is 275 g/mol. The van der Waals surface area contributed by atoms with E-state index in [9.17, 15) is 9.18 Å². The maximum atomic E-state index is 13.7. The average Bonchev–Trinajstić information content (AvgIpc) is 2.89. The molecule has 0 aliphatic heterocycles. The van der Waals surface area contributed by atoms with Crippen LogP contribution in [0.25, 0.3) is 0 Å². The average molecular weight is 294 g/mol. The third-order valence-corrected chi connectivity index (χ3v) is 3.21. The quantitative estimate of drug-likeness (QED) is 0.730. The van der Waals surface area contributed by atoms with Crippen LogP contribution in [0.4, 0.5) is 14.9 Å². The summed E-state index contributed by atoms with van der Waals surface area (Å²) >= 11 is 0. The lowest BCUT2D eigenvalue weighted by atomic mass is 10.1. The number of hydrogen-bond acceptors (Lipinski definition) is 3. The third-order valence-electron chi connectivity index (χ3n) is 3.21. The van der Waals surface area contributed by atoms with Gasteiger partial charge in [0.2, 0.25) is 0 Å². The van der Waals surface area contributed by atoms with Crippen LogP contribution in [0.1, 0.15) is 13.3 Å². The van der Waals surface area contributed by atoms with Gasteiger partial charge in [-0.05, 0) is 25.5 Å². The van der Waals surface area contributed by atoms with E-state index in [-0.39, 0.29) is 24.3 Å². The van der Waals surface area contributed by atoms with Crippen molar-refractivity contribution in [2.45, 2.75) is 19.4 Å². The molecule has 2 amide bonds. The first-order valence-electron chi connectivity index (χ1n) is 6.91. The molecule has 1 aromatic rings. The molecule has 0 fully saturated rings. The summed E-state index contributed by atoms with van der Waals surface area (Å²) in [6.07, 6.45) is 4.39. The van der Waals surface area contributed by atoms with Crippen LogP contribution < -0.4 is 15.4 Å². The number of rotatable bonds is 5. The number of amides is 2. The molecule has 114 valence electrons. The first-order valence-corrected chi connectivity index (χ1v) is 6.91. The number of hydrogen-bond donors (Lipinski definition) is 3. The molecule has 0 spiro atoms. The van der Waals surface area contributed by atoms with E-state index < -0.39 is 11.8 Å². The Morgan fingerprint density at radius 2 is 2.29 bits per heavy atom. The van der Waals surface area contributed by atoms with E-state index in [1.54, 1.807) is 13.0 Å². The van der Waals surface area contributed by atoms with E-state index in [4.69, 9.17) is 9.84 Å². The highest BCUT2D eigenvalue weighted by Gasteiger charge is 2.19. The Morgan fingerprint density at radius 3 is 2.90 bits per heavy atom. The molecule has 0 saturated carbocycles. The highest BCUT2D eigenvalue weighted by Crippen LogP contribution is 2.21. The molecule has 0 saturated heterocycles. The predicted octanol–water partition coefficient (Wildman–Crippen LogP) is 2.28. The Kier molecular flexibility index (Phi) is 5.16. The van der Waals surface area contributed by atoms with Gasteiger partial charge in [0, 0.05) is 30.3 Å². The van der Waals surface area contributed by atoms with Gasteiger partial charge in [0.15, 0.2) is 11.6 Å². The molecule has 0 heterocycles. The largest absolute Gasteiger partial charge is 0.491 e. The van der Waals surface area contributed by atoms with Crippen LogP contribution in [0.5, 0.6) is 5.75 Å². The molecular formula is C15H19FN2O3. The molecule has 1 aromatic carbocycles. The van der Waals surface area contributed by atoms with Crippen LogP contribution in [0.15, 0.2) is 30.4 Å². The van der Waals surface area contributed by atoms with Gasteiger partial charge in [0.25, 0.3) is 0 Å². The second-order valence-corrected chi connectivity index (χ2v) is 4.85. The van der Waals surface area contributed by atoms with Crippen molar-refractivity contribution in [2.75, 3.05) is 18.5 Å². The van der Waals surface area contributed by atoms with Gasteiger partial charge in [-0.25, -0.2) is 9.18 Å². The molecule has 2 rings (SSSR count). The minimum atomic E-state index is -0.518. The number of ether oxygens (including phenoxy) is 1. The second kappa shape index (κ2) is 7.08. The normalized spacial score (nSPS) is 20.3. The van der Waals surface area contributed by atoms with Gasteiger partial charge < -0.3 is 20.5 Å². The Labute approximate surface area is 122 Å². The number of urea groups is 1. The SMILES string of the molecule is CCOc1ccc(NC(=O)N[C@@H]2C=C[C@H](CO)C2)cc1F. The van der Waals surface area contributed by atoms with Gasteiger partial charge in [0.05, 0.1) is 6.61 Å². The number of aliphatic hydroxyl groups is 1. The molecule has 0 unspecified atom stereocenters. The molecule has 5 nitrogen and oxygen atoms in total. The van der Waals surface area contributed by atoms with Crippen molar-refractivity contribution in [1.82, 2.24) is 5.32 Å². The Hall–Kier alpha value is -2.08. The van der Waals surface area contributed by atoms with Crippen molar-refractivity contribution in [1.29, 1.82) is 0 Å². The highest BCUT2D eigenvalue weighted by atomic mass is 19.1. The second-order valence-electron chi connectivity index (χ2n) is 4.85. The number of aliphatic hydroxyl groups excluding tert-OH is 1. The standard InChI is InChI=1S/C15H19FN2O3/c1-2-21-14-6-5-12(8-13(14)16)18-15(20)17-11-4-3-10(7-11)9-19/h3-6,8,10-11,19H,2,7,9H2,1H3,(H2,17,18,20)/t10-,11+/m0/s1. The summed E-state index contributed by atoms with van der Waals surface area (Å²) in [5.41, 5.74) is 0.356. The Bertz CT molecular complexity index is 534. The fourth-order valence-electron chi connectivity index (χ4n) is 2.20. The molecule has 6 heteroatoms. The van der Waals surface area contributed by atoms with Crippen molar-refractivity contribution < 1.29 is 19.0 Å². The van der Waals surface area contributed by atoms with Crippen LogP contribution in [-0.2, 0) is 0 Å². The van der Waals surface area contributed by atoms with Crippen molar-refractivity contribution in [3.8, 4) is 5.75 Å². The monoisotopic (exact) mass is 294 g/mol. The van der Waals surface area contributed by atoms with Gasteiger partial charge in [-0.1, -0.05) is 12.2 Å². The van der Waals surface area contributed by atoms with Crippen LogP contribution in [0, 0.1) is 11.7 Å². The number of anilines is 1. The Morgan fingerprint density at radius 1 is 1.48 bits per heavy atom. The topological polar surface area (TPSA) is 70.6 Å². The van der Waals surface area contributed by atoms with Crippen LogP contribution in [0.3, 0.4) is 0 Å². The molecule has 1 aliphatic rings. The van der Waals surface area contributed by atoms with E-state index >= 15 is 0 Å². The molecule has 1 aliphatic carbocycles. The van der Waals surface area contributed by atoms with Crippen LogP contribution in [-0.4, -0.2) is 30.4 Å². The molecule has 0 bridgehead atoms. The minimum Gasteiger partial charge on any atom is -0.491 e. The van der Waals surface area contributed by atoms with Gasteiger partial charge >= 0.3 is 6.03 Å². The molecule has 0 aromatic heterocycles. The van der Waals surface area contributed by atoms with Crippen molar-refractivity contribution in [2.24, 2.45) is 5.92 Å². The summed E-state index contributed by atoms with van der Waals surface area (Å²) < 4.78 is 18.7. The number of carbonyl (C=O) groups is 1. The van der Waals surface area contributed by atoms with E-state index in [0.29, 0.717) is 18.7 Å². The lowest BCUT2D eigenvalue weighted by Crippen LogP contribution is -2.36. The number of carbonyl (C=O) groups excluding carboxylic acids is 1. The van der Waals surface area contributed by atoms with E-state index in [0.717, 1.165) is 0 Å².